The van der Waals surface area contributed by atoms with Gasteiger partial charge >= 0.3 is 0 Å². The van der Waals surface area contributed by atoms with Crippen molar-refractivity contribution in [2.24, 2.45) is 0 Å². The summed E-state index contributed by atoms with van der Waals surface area (Å²) in [6.07, 6.45) is 3.48. The smallest absolute Gasteiger partial charge is 0.153 e. The highest BCUT2D eigenvalue weighted by atomic mass is 79.9. The molecule has 0 radical (unpaired) electrons. The van der Waals surface area contributed by atoms with Crippen LogP contribution in [0.3, 0.4) is 0 Å². The molecule has 0 spiro atoms. The SMILES string of the molecule is Cc1ccc(OCc2nc(Br)c3ccncn23)cc1. The van der Waals surface area contributed by atoms with Crippen molar-refractivity contribution in [3.05, 3.63) is 58.8 Å². The van der Waals surface area contributed by atoms with E-state index in [0.717, 1.165) is 21.7 Å². The van der Waals surface area contributed by atoms with E-state index in [9.17, 15) is 0 Å². The fourth-order valence-electron chi connectivity index (χ4n) is 1.84. The van der Waals surface area contributed by atoms with Crippen LogP contribution < -0.4 is 4.74 Å². The second kappa shape index (κ2) is 5.01. The second-order valence-electron chi connectivity index (χ2n) is 4.26. The number of hydrogen-bond acceptors (Lipinski definition) is 3. The van der Waals surface area contributed by atoms with Gasteiger partial charge in [-0.3, -0.25) is 4.40 Å². The van der Waals surface area contributed by atoms with Crippen LogP contribution in [0.1, 0.15) is 11.4 Å². The zero-order chi connectivity index (χ0) is 13.2. The molecule has 19 heavy (non-hydrogen) atoms. The van der Waals surface area contributed by atoms with Crippen molar-refractivity contribution in [3.8, 4) is 5.75 Å². The normalized spacial score (nSPS) is 10.8. The first-order chi connectivity index (χ1) is 9.24. The summed E-state index contributed by atoms with van der Waals surface area (Å²) in [7, 11) is 0. The van der Waals surface area contributed by atoms with E-state index < -0.39 is 0 Å². The Labute approximate surface area is 119 Å². The molecule has 2 aromatic heterocycles. The van der Waals surface area contributed by atoms with E-state index in [1.807, 2.05) is 34.7 Å². The van der Waals surface area contributed by atoms with Crippen LogP contribution in [0.2, 0.25) is 0 Å². The van der Waals surface area contributed by atoms with Gasteiger partial charge in [0.1, 0.15) is 23.3 Å². The minimum Gasteiger partial charge on any atom is -0.486 e. The van der Waals surface area contributed by atoms with Gasteiger partial charge in [0.2, 0.25) is 0 Å². The second-order valence-corrected chi connectivity index (χ2v) is 5.01. The van der Waals surface area contributed by atoms with Crippen molar-refractivity contribution in [1.29, 1.82) is 0 Å². The predicted octanol–water partition coefficient (Wildman–Crippen LogP) is 3.38. The topological polar surface area (TPSA) is 39.4 Å². The standard InChI is InChI=1S/C14H12BrN3O/c1-10-2-4-11(5-3-10)19-8-13-17-14(15)12-6-7-16-9-18(12)13/h2-7,9H,8H2,1H3. The summed E-state index contributed by atoms with van der Waals surface area (Å²) in [6.45, 7) is 2.45. The van der Waals surface area contributed by atoms with Gasteiger partial charge < -0.3 is 4.74 Å². The van der Waals surface area contributed by atoms with Crippen LogP contribution in [0.5, 0.6) is 5.75 Å². The van der Waals surface area contributed by atoms with Crippen LogP contribution in [-0.4, -0.2) is 14.4 Å². The van der Waals surface area contributed by atoms with Crippen LogP contribution in [0.25, 0.3) is 5.52 Å². The van der Waals surface area contributed by atoms with Crippen molar-refractivity contribution in [3.63, 3.8) is 0 Å². The van der Waals surface area contributed by atoms with E-state index in [4.69, 9.17) is 4.74 Å². The summed E-state index contributed by atoms with van der Waals surface area (Å²) in [5.74, 6) is 1.65. The highest BCUT2D eigenvalue weighted by molar-refractivity contribution is 9.10. The van der Waals surface area contributed by atoms with E-state index in [0.29, 0.717) is 6.61 Å². The monoisotopic (exact) mass is 317 g/mol. The molecule has 0 N–H and O–H groups in total. The highest BCUT2D eigenvalue weighted by Crippen LogP contribution is 2.19. The number of fused-ring (bicyclic) bond motifs is 1. The molecule has 2 heterocycles. The Morgan fingerprint density at radius 2 is 2.00 bits per heavy atom. The molecule has 1 aromatic carbocycles. The number of nitrogens with zero attached hydrogens (tertiary/aromatic N) is 3. The molecule has 5 heteroatoms. The molecular formula is C14H12BrN3O. The van der Waals surface area contributed by atoms with Crippen LogP contribution in [0.4, 0.5) is 0 Å². The zero-order valence-electron chi connectivity index (χ0n) is 10.4. The van der Waals surface area contributed by atoms with E-state index in [1.54, 1.807) is 12.5 Å². The third-order valence-corrected chi connectivity index (χ3v) is 3.45. The van der Waals surface area contributed by atoms with Crippen molar-refractivity contribution in [1.82, 2.24) is 14.4 Å². The Bertz CT molecular complexity index is 706. The molecule has 0 bridgehead atoms. The minimum atomic E-state index is 0.404. The summed E-state index contributed by atoms with van der Waals surface area (Å²) in [4.78, 5) is 8.54. The van der Waals surface area contributed by atoms with Gasteiger partial charge in [0.25, 0.3) is 0 Å². The maximum absolute atomic E-state index is 5.74. The molecule has 0 aliphatic rings. The molecule has 0 aliphatic carbocycles. The summed E-state index contributed by atoms with van der Waals surface area (Å²) < 4.78 is 8.45. The zero-order valence-corrected chi connectivity index (χ0v) is 12.0. The van der Waals surface area contributed by atoms with Gasteiger partial charge in [-0.25, -0.2) is 9.97 Å². The Hall–Kier alpha value is -1.88. The Morgan fingerprint density at radius 3 is 2.79 bits per heavy atom. The Balaban J connectivity index is 1.84. The Kier molecular flexibility index (Phi) is 3.21. The Morgan fingerprint density at radius 1 is 1.21 bits per heavy atom. The molecule has 3 aromatic rings. The quantitative estimate of drug-likeness (QED) is 0.743. The van der Waals surface area contributed by atoms with Crippen molar-refractivity contribution < 1.29 is 4.74 Å². The van der Waals surface area contributed by atoms with Gasteiger partial charge in [-0.1, -0.05) is 17.7 Å². The largest absolute Gasteiger partial charge is 0.486 e. The van der Waals surface area contributed by atoms with Crippen LogP contribution in [0.15, 0.2) is 47.5 Å². The fraction of sp³-hybridized carbons (Fsp3) is 0.143. The van der Waals surface area contributed by atoms with Crippen LogP contribution >= 0.6 is 15.9 Å². The van der Waals surface area contributed by atoms with Crippen molar-refractivity contribution in [2.75, 3.05) is 0 Å². The highest BCUT2D eigenvalue weighted by Gasteiger charge is 2.09. The fourth-order valence-corrected chi connectivity index (χ4v) is 2.37. The molecule has 0 atom stereocenters. The number of ether oxygens (including phenoxy) is 1. The number of benzene rings is 1. The van der Waals surface area contributed by atoms with Crippen LogP contribution in [0, 0.1) is 6.92 Å². The summed E-state index contributed by atoms with van der Waals surface area (Å²) in [5.41, 5.74) is 2.20. The lowest BCUT2D eigenvalue weighted by atomic mass is 10.2. The maximum Gasteiger partial charge on any atom is 0.153 e. The minimum absolute atomic E-state index is 0.404. The van der Waals surface area contributed by atoms with Gasteiger partial charge in [0.15, 0.2) is 5.82 Å². The third-order valence-electron chi connectivity index (χ3n) is 2.87. The lowest BCUT2D eigenvalue weighted by Gasteiger charge is -2.05. The molecule has 96 valence electrons. The average molecular weight is 318 g/mol. The molecule has 0 unspecified atom stereocenters. The lowest BCUT2D eigenvalue weighted by Crippen LogP contribution is -2.01. The number of imidazole rings is 1. The molecule has 3 rings (SSSR count). The first-order valence-corrected chi connectivity index (χ1v) is 6.69. The first kappa shape index (κ1) is 12.2. The third kappa shape index (κ3) is 2.46. The molecule has 4 nitrogen and oxygen atoms in total. The van der Waals surface area contributed by atoms with Gasteiger partial charge in [-0.2, -0.15) is 0 Å². The van der Waals surface area contributed by atoms with Crippen LogP contribution in [-0.2, 0) is 6.61 Å². The van der Waals surface area contributed by atoms with E-state index in [2.05, 4.69) is 32.8 Å². The molecule has 0 aliphatic heterocycles. The number of aryl methyl sites for hydroxylation is 1. The number of rotatable bonds is 3. The summed E-state index contributed by atoms with van der Waals surface area (Å²) in [6, 6.07) is 9.87. The van der Waals surface area contributed by atoms with Gasteiger partial charge in [-0.05, 0) is 41.1 Å². The average Bonchev–Trinajstić information content (AvgIpc) is 2.76. The maximum atomic E-state index is 5.74. The molecular weight excluding hydrogens is 306 g/mol. The molecule has 0 saturated heterocycles. The van der Waals surface area contributed by atoms with Crippen molar-refractivity contribution in [2.45, 2.75) is 13.5 Å². The molecule has 0 amide bonds. The number of aromatic nitrogens is 3. The molecule has 0 saturated carbocycles. The molecule has 0 fully saturated rings. The number of halogens is 1. The van der Waals surface area contributed by atoms with Crippen molar-refractivity contribution >= 4 is 21.4 Å². The van der Waals surface area contributed by atoms with E-state index >= 15 is 0 Å². The van der Waals surface area contributed by atoms with Gasteiger partial charge in [-0.15, -0.1) is 0 Å². The predicted molar refractivity (Wildman–Crippen MR) is 76.2 cm³/mol. The van der Waals surface area contributed by atoms with E-state index in [1.165, 1.54) is 5.56 Å². The van der Waals surface area contributed by atoms with E-state index in [-0.39, 0.29) is 0 Å². The van der Waals surface area contributed by atoms with Gasteiger partial charge in [0.05, 0.1) is 5.52 Å². The lowest BCUT2D eigenvalue weighted by molar-refractivity contribution is 0.295. The van der Waals surface area contributed by atoms with Gasteiger partial charge in [0, 0.05) is 6.20 Å². The summed E-state index contributed by atoms with van der Waals surface area (Å²) >= 11 is 3.44. The summed E-state index contributed by atoms with van der Waals surface area (Å²) in [5, 5.41) is 0. The first-order valence-electron chi connectivity index (χ1n) is 5.90. The number of hydrogen-bond donors (Lipinski definition) is 0.